The molecule has 2 aliphatic rings. The quantitative estimate of drug-likeness (QED) is 0.478. The first-order chi connectivity index (χ1) is 6.03. The maximum Gasteiger partial charge on any atom is 0.241 e. The van der Waals surface area contributed by atoms with Crippen LogP contribution in [0.1, 0.15) is 13.8 Å². The molecule has 3 atom stereocenters. The van der Waals surface area contributed by atoms with E-state index in [9.17, 15) is 4.79 Å². The van der Waals surface area contributed by atoms with Gasteiger partial charge in [-0.15, -0.1) is 0 Å². The Kier molecular flexibility index (Phi) is 1.83. The molecule has 5 nitrogen and oxygen atoms in total. The van der Waals surface area contributed by atoms with E-state index in [4.69, 9.17) is 4.74 Å². The molecule has 0 aliphatic carbocycles. The molecule has 0 saturated carbocycles. The summed E-state index contributed by atoms with van der Waals surface area (Å²) in [4.78, 5) is 11.4. The van der Waals surface area contributed by atoms with Gasteiger partial charge in [-0.25, -0.2) is 0 Å². The average molecular weight is 185 g/mol. The summed E-state index contributed by atoms with van der Waals surface area (Å²) in [5, 5.41) is 9.26. The molecule has 0 aromatic heterocycles. The third-order valence-electron chi connectivity index (χ3n) is 2.55. The Labute approximate surface area is 77.2 Å². The molecule has 0 radical (unpaired) electrons. The Bertz CT molecular complexity index is 242. The highest BCUT2D eigenvalue weighted by molar-refractivity contribution is 5.86. The van der Waals surface area contributed by atoms with Gasteiger partial charge in [-0.2, -0.15) is 0 Å². The van der Waals surface area contributed by atoms with E-state index >= 15 is 0 Å². The Hall–Kier alpha value is -0.650. The van der Waals surface area contributed by atoms with Gasteiger partial charge in [0.15, 0.2) is 0 Å². The van der Waals surface area contributed by atoms with Gasteiger partial charge in [0, 0.05) is 7.11 Å². The minimum atomic E-state index is -0.216. The van der Waals surface area contributed by atoms with Crippen LogP contribution < -0.4 is 16.0 Å². The minimum absolute atomic E-state index is 0.00919. The van der Waals surface area contributed by atoms with Crippen molar-refractivity contribution in [2.24, 2.45) is 0 Å². The van der Waals surface area contributed by atoms with E-state index < -0.39 is 0 Å². The van der Waals surface area contributed by atoms with Crippen molar-refractivity contribution in [3.8, 4) is 0 Å². The normalized spacial score (nSPS) is 41.8. The summed E-state index contributed by atoms with van der Waals surface area (Å²) in [5.41, 5.74) is -0.191. The standard InChI is InChI=1S/C8H15N3O2/c1-8(2)10-4-5(11-8)7(13-3)9-6(4)12/h4-5,7,10-11H,1-3H3,(H,9,12). The van der Waals surface area contributed by atoms with Crippen molar-refractivity contribution in [1.29, 1.82) is 0 Å². The first-order valence-corrected chi connectivity index (χ1v) is 4.42. The molecule has 1 amide bonds. The second-order valence-corrected chi connectivity index (χ2v) is 4.08. The maximum absolute atomic E-state index is 11.4. The SMILES string of the molecule is COC1NC(=O)C2NC(C)(C)NC12. The number of hydrogen-bond donors (Lipinski definition) is 3. The first-order valence-electron chi connectivity index (χ1n) is 4.42. The van der Waals surface area contributed by atoms with Crippen molar-refractivity contribution < 1.29 is 9.53 Å². The Morgan fingerprint density at radius 2 is 2.08 bits per heavy atom. The Morgan fingerprint density at radius 1 is 1.38 bits per heavy atom. The molecule has 2 rings (SSSR count). The summed E-state index contributed by atoms with van der Waals surface area (Å²) in [6.45, 7) is 4.01. The smallest absolute Gasteiger partial charge is 0.241 e. The van der Waals surface area contributed by atoms with E-state index in [1.54, 1.807) is 7.11 Å². The van der Waals surface area contributed by atoms with Crippen LogP contribution in [0, 0.1) is 0 Å². The van der Waals surface area contributed by atoms with Crippen molar-refractivity contribution >= 4 is 5.91 Å². The molecule has 0 aromatic rings. The molecule has 74 valence electrons. The lowest BCUT2D eigenvalue weighted by atomic mass is 10.2. The highest BCUT2D eigenvalue weighted by Gasteiger charge is 2.51. The van der Waals surface area contributed by atoms with E-state index in [0.29, 0.717) is 0 Å². The topological polar surface area (TPSA) is 62.4 Å². The molecule has 2 aliphatic heterocycles. The van der Waals surface area contributed by atoms with Gasteiger partial charge in [-0.1, -0.05) is 0 Å². The number of ether oxygens (including phenoxy) is 1. The van der Waals surface area contributed by atoms with E-state index in [-0.39, 0.29) is 29.9 Å². The van der Waals surface area contributed by atoms with Crippen molar-refractivity contribution in [3.05, 3.63) is 0 Å². The lowest BCUT2D eigenvalue weighted by Crippen LogP contribution is -2.50. The first kappa shape index (κ1) is 8.93. The molecule has 0 spiro atoms. The molecule has 2 saturated heterocycles. The Morgan fingerprint density at radius 3 is 2.69 bits per heavy atom. The van der Waals surface area contributed by atoms with E-state index in [0.717, 1.165) is 0 Å². The largest absolute Gasteiger partial charge is 0.360 e. The monoisotopic (exact) mass is 185 g/mol. The fraction of sp³-hybridized carbons (Fsp3) is 0.875. The molecular formula is C8H15N3O2. The summed E-state index contributed by atoms with van der Waals surface area (Å²) in [7, 11) is 1.60. The molecule has 2 fully saturated rings. The maximum atomic E-state index is 11.4. The highest BCUT2D eigenvalue weighted by Crippen LogP contribution is 2.21. The number of methoxy groups -OCH3 is 1. The molecule has 3 N–H and O–H groups in total. The zero-order valence-corrected chi connectivity index (χ0v) is 8.05. The van der Waals surface area contributed by atoms with Crippen molar-refractivity contribution in [3.63, 3.8) is 0 Å². The van der Waals surface area contributed by atoms with E-state index in [1.807, 2.05) is 13.8 Å². The predicted octanol–water partition coefficient (Wildman–Crippen LogP) is -1.25. The summed E-state index contributed by atoms with van der Waals surface area (Å²) < 4.78 is 5.15. The number of rotatable bonds is 1. The van der Waals surface area contributed by atoms with Crippen LogP contribution in [-0.2, 0) is 9.53 Å². The van der Waals surface area contributed by atoms with Gasteiger partial charge in [0.05, 0.1) is 11.7 Å². The summed E-state index contributed by atoms with van der Waals surface area (Å²) in [5.74, 6) is 0.00919. The van der Waals surface area contributed by atoms with Gasteiger partial charge in [0.25, 0.3) is 0 Å². The van der Waals surface area contributed by atoms with Gasteiger partial charge in [0.2, 0.25) is 5.91 Å². The van der Waals surface area contributed by atoms with Gasteiger partial charge in [0.1, 0.15) is 12.3 Å². The summed E-state index contributed by atoms with van der Waals surface area (Å²) in [6, 6.07) is -0.132. The summed E-state index contributed by atoms with van der Waals surface area (Å²) >= 11 is 0. The predicted molar refractivity (Wildman–Crippen MR) is 46.9 cm³/mol. The zero-order chi connectivity index (χ0) is 9.64. The third-order valence-corrected chi connectivity index (χ3v) is 2.55. The number of nitrogens with one attached hydrogen (secondary N) is 3. The number of fused-ring (bicyclic) bond motifs is 1. The Balaban J connectivity index is 2.17. The van der Waals surface area contributed by atoms with Gasteiger partial charge in [-0.05, 0) is 13.8 Å². The molecule has 13 heavy (non-hydrogen) atoms. The highest BCUT2D eigenvalue weighted by atomic mass is 16.5. The molecule has 0 bridgehead atoms. The third kappa shape index (κ3) is 1.33. The molecule has 5 heteroatoms. The lowest BCUT2D eigenvalue weighted by molar-refractivity contribution is -0.122. The average Bonchev–Trinajstić information content (AvgIpc) is 2.47. The fourth-order valence-corrected chi connectivity index (χ4v) is 2.02. The number of carbonyl (C=O) groups is 1. The molecular weight excluding hydrogens is 170 g/mol. The van der Waals surface area contributed by atoms with Crippen molar-refractivity contribution in [2.45, 2.75) is 37.8 Å². The molecule has 2 heterocycles. The minimum Gasteiger partial charge on any atom is -0.360 e. The number of hydrogen-bond acceptors (Lipinski definition) is 4. The van der Waals surface area contributed by atoms with Crippen LogP contribution >= 0.6 is 0 Å². The van der Waals surface area contributed by atoms with Crippen LogP contribution in [0.3, 0.4) is 0 Å². The zero-order valence-electron chi connectivity index (χ0n) is 8.05. The van der Waals surface area contributed by atoms with Crippen LogP contribution in [0.2, 0.25) is 0 Å². The second-order valence-electron chi connectivity index (χ2n) is 4.08. The van der Waals surface area contributed by atoms with Crippen molar-refractivity contribution in [2.75, 3.05) is 7.11 Å². The van der Waals surface area contributed by atoms with Crippen LogP contribution in [0.5, 0.6) is 0 Å². The van der Waals surface area contributed by atoms with Gasteiger partial charge < -0.3 is 10.1 Å². The van der Waals surface area contributed by atoms with Gasteiger partial charge >= 0.3 is 0 Å². The second kappa shape index (κ2) is 2.67. The van der Waals surface area contributed by atoms with Crippen LogP contribution in [0.15, 0.2) is 0 Å². The molecule has 0 aromatic carbocycles. The van der Waals surface area contributed by atoms with Crippen LogP contribution in [-0.4, -0.2) is 37.0 Å². The van der Waals surface area contributed by atoms with Crippen LogP contribution in [0.25, 0.3) is 0 Å². The lowest BCUT2D eigenvalue weighted by Gasteiger charge is -2.23. The summed E-state index contributed by atoms with van der Waals surface area (Å²) in [6.07, 6.45) is -0.216. The van der Waals surface area contributed by atoms with E-state index in [2.05, 4.69) is 16.0 Å². The number of carbonyl (C=O) groups excluding carboxylic acids is 1. The molecule has 3 unspecified atom stereocenters. The number of amides is 1. The van der Waals surface area contributed by atoms with Crippen LogP contribution in [0.4, 0.5) is 0 Å². The van der Waals surface area contributed by atoms with Gasteiger partial charge in [-0.3, -0.25) is 15.4 Å². The van der Waals surface area contributed by atoms with Crippen molar-refractivity contribution in [1.82, 2.24) is 16.0 Å². The fourth-order valence-electron chi connectivity index (χ4n) is 2.02. The van der Waals surface area contributed by atoms with E-state index in [1.165, 1.54) is 0 Å².